The molecule has 1 saturated heterocycles. The van der Waals surface area contributed by atoms with E-state index in [1.54, 1.807) is 0 Å². The summed E-state index contributed by atoms with van der Waals surface area (Å²) in [5.41, 5.74) is 0. The molecule has 0 aromatic carbocycles. The molecule has 0 aromatic rings. The zero-order valence-electron chi connectivity index (χ0n) is 10.1. The maximum Gasteiger partial charge on any atom is 0.335 e. The number of rotatable bonds is 4. The molecule has 1 fully saturated rings. The van der Waals surface area contributed by atoms with Gasteiger partial charge in [-0.3, -0.25) is 24.6 Å². The maximum atomic E-state index is 11.7. The van der Waals surface area contributed by atoms with Crippen LogP contribution in [0.2, 0.25) is 0 Å². The molecule has 7 amide bonds. The average molecular weight is 268 g/mol. The molecule has 1 heterocycles. The highest BCUT2D eigenvalue weighted by Gasteiger charge is 2.44. The third-order valence-corrected chi connectivity index (χ3v) is 2.23. The molecule has 2 N–H and O–H groups in total. The lowest BCUT2D eigenvalue weighted by Crippen LogP contribution is -2.45. The zero-order chi connectivity index (χ0) is 14.6. The number of hydrogen-bond acceptors (Lipinski definition) is 5. The number of hydrogen-bond donors (Lipinski definition) is 2. The molecule has 9 nitrogen and oxygen atoms in total. The monoisotopic (exact) mass is 268 g/mol. The van der Waals surface area contributed by atoms with E-state index in [-0.39, 0.29) is 6.54 Å². The van der Waals surface area contributed by atoms with E-state index >= 15 is 0 Å². The highest BCUT2D eigenvalue weighted by molar-refractivity contribution is 6.45. The quantitative estimate of drug-likeness (QED) is 0.362. The minimum atomic E-state index is -1.11. The first-order chi connectivity index (χ1) is 8.92. The first-order valence-corrected chi connectivity index (χ1v) is 5.22. The van der Waals surface area contributed by atoms with E-state index in [1.165, 1.54) is 13.1 Å². The molecule has 0 aliphatic carbocycles. The highest BCUT2D eigenvalue weighted by Crippen LogP contribution is 2.11. The highest BCUT2D eigenvalue weighted by atomic mass is 16.2. The average Bonchev–Trinajstić information content (AvgIpc) is 2.56. The molecule has 102 valence electrons. The molecule has 0 saturated carbocycles. The van der Waals surface area contributed by atoms with E-state index in [0.717, 1.165) is 0 Å². The Hall–Kier alpha value is -2.71. The van der Waals surface area contributed by atoms with Gasteiger partial charge in [0.25, 0.3) is 0 Å². The van der Waals surface area contributed by atoms with Gasteiger partial charge in [0, 0.05) is 13.6 Å². The van der Waals surface area contributed by atoms with Crippen molar-refractivity contribution in [2.24, 2.45) is 0 Å². The van der Waals surface area contributed by atoms with Gasteiger partial charge in [-0.05, 0) is 0 Å². The summed E-state index contributed by atoms with van der Waals surface area (Å²) in [6.45, 7) is 2.51. The molecule has 0 spiro atoms. The SMILES string of the molecule is C=CCN1C(=O)C(=O)N(CC(=O)NC(=O)NC)C1=O. The summed E-state index contributed by atoms with van der Waals surface area (Å²) in [7, 11) is 1.30. The molecule has 0 bridgehead atoms. The molecule has 1 aliphatic rings. The predicted octanol–water partition coefficient (Wildman–Crippen LogP) is -1.58. The van der Waals surface area contributed by atoms with Gasteiger partial charge in [-0.25, -0.2) is 14.5 Å². The smallest absolute Gasteiger partial charge is 0.335 e. The van der Waals surface area contributed by atoms with Crippen molar-refractivity contribution in [1.29, 1.82) is 0 Å². The fourth-order valence-corrected chi connectivity index (χ4v) is 1.35. The lowest BCUT2D eigenvalue weighted by molar-refractivity contribution is -0.143. The largest absolute Gasteiger partial charge is 0.341 e. The van der Waals surface area contributed by atoms with E-state index < -0.39 is 36.3 Å². The molecular formula is C10H12N4O5. The van der Waals surface area contributed by atoms with Crippen LogP contribution in [0.25, 0.3) is 0 Å². The van der Waals surface area contributed by atoms with E-state index in [4.69, 9.17) is 0 Å². The molecule has 1 aliphatic heterocycles. The van der Waals surface area contributed by atoms with Crippen molar-refractivity contribution >= 4 is 29.8 Å². The van der Waals surface area contributed by atoms with Crippen molar-refractivity contribution < 1.29 is 24.0 Å². The summed E-state index contributed by atoms with van der Waals surface area (Å²) in [4.78, 5) is 58.0. The Bertz CT molecular complexity index is 473. The van der Waals surface area contributed by atoms with Gasteiger partial charge in [0.15, 0.2) is 0 Å². The van der Waals surface area contributed by atoms with Gasteiger partial charge in [0.2, 0.25) is 5.91 Å². The third kappa shape index (κ3) is 2.94. The van der Waals surface area contributed by atoms with E-state index in [2.05, 4.69) is 11.9 Å². The van der Waals surface area contributed by atoms with Gasteiger partial charge in [0.1, 0.15) is 6.54 Å². The van der Waals surface area contributed by atoms with Gasteiger partial charge in [-0.2, -0.15) is 0 Å². The normalized spacial score (nSPS) is 14.7. The minimum absolute atomic E-state index is 0.128. The second-order valence-corrected chi connectivity index (χ2v) is 3.51. The minimum Gasteiger partial charge on any atom is -0.341 e. The Morgan fingerprint density at radius 1 is 1.21 bits per heavy atom. The summed E-state index contributed by atoms with van der Waals surface area (Å²) in [5, 5.41) is 4.01. The summed E-state index contributed by atoms with van der Waals surface area (Å²) in [6.07, 6.45) is 1.27. The number of carbonyl (C=O) groups excluding carboxylic acids is 5. The Morgan fingerprint density at radius 2 is 1.79 bits per heavy atom. The van der Waals surface area contributed by atoms with Gasteiger partial charge >= 0.3 is 23.9 Å². The molecular weight excluding hydrogens is 256 g/mol. The standard InChI is InChI=1S/C10H12N4O5/c1-3-4-13-7(16)8(17)14(10(13)19)5-6(15)12-9(18)11-2/h3H,1,4-5H2,2H3,(H2,11,12,15,18). The van der Waals surface area contributed by atoms with Crippen molar-refractivity contribution in [1.82, 2.24) is 20.4 Å². The lowest BCUT2D eigenvalue weighted by atomic mass is 10.4. The van der Waals surface area contributed by atoms with Crippen LogP contribution in [0.5, 0.6) is 0 Å². The van der Waals surface area contributed by atoms with E-state index in [1.807, 2.05) is 5.32 Å². The van der Waals surface area contributed by atoms with Crippen LogP contribution in [0.1, 0.15) is 0 Å². The maximum absolute atomic E-state index is 11.7. The van der Waals surface area contributed by atoms with Gasteiger partial charge in [-0.15, -0.1) is 6.58 Å². The lowest BCUT2D eigenvalue weighted by Gasteiger charge is -2.13. The Balaban J connectivity index is 2.74. The first-order valence-electron chi connectivity index (χ1n) is 5.22. The van der Waals surface area contributed by atoms with Crippen LogP contribution in [-0.4, -0.2) is 59.7 Å². The van der Waals surface area contributed by atoms with Crippen LogP contribution in [0, 0.1) is 0 Å². The van der Waals surface area contributed by atoms with Gasteiger partial charge < -0.3 is 5.32 Å². The molecule has 0 unspecified atom stereocenters. The molecule has 19 heavy (non-hydrogen) atoms. The van der Waals surface area contributed by atoms with Crippen molar-refractivity contribution in [2.45, 2.75) is 0 Å². The Kier molecular flexibility index (Phi) is 4.35. The molecule has 0 radical (unpaired) electrons. The number of carbonyl (C=O) groups is 5. The Labute approximate surface area is 108 Å². The summed E-state index contributed by atoms with van der Waals surface area (Å²) in [6, 6.07) is -1.69. The number of imide groups is 3. The topological polar surface area (TPSA) is 116 Å². The fraction of sp³-hybridized carbons (Fsp3) is 0.300. The Morgan fingerprint density at radius 3 is 2.32 bits per heavy atom. The van der Waals surface area contributed by atoms with Gasteiger partial charge in [0.05, 0.1) is 0 Å². The second-order valence-electron chi connectivity index (χ2n) is 3.51. The number of nitrogens with zero attached hydrogens (tertiary/aromatic N) is 2. The third-order valence-electron chi connectivity index (χ3n) is 2.23. The molecule has 1 rings (SSSR count). The predicted molar refractivity (Wildman–Crippen MR) is 61.6 cm³/mol. The number of amides is 7. The van der Waals surface area contributed by atoms with Crippen molar-refractivity contribution in [3.05, 3.63) is 12.7 Å². The van der Waals surface area contributed by atoms with Gasteiger partial charge in [-0.1, -0.05) is 6.08 Å². The van der Waals surface area contributed by atoms with Crippen LogP contribution >= 0.6 is 0 Å². The molecule has 0 atom stereocenters. The zero-order valence-corrected chi connectivity index (χ0v) is 10.1. The van der Waals surface area contributed by atoms with Crippen LogP contribution in [0.15, 0.2) is 12.7 Å². The second kappa shape index (κ2) is 5.76. The fourth-order valence-electron chi connectivity index (χ4n) is 1.35. The number of urea groups is 2. The summed E-state index contributed by atoms with van der Waals surface area (Å²) >= 11 is 0. The van der Waals surface area contributed by atoms with Crippen molar-refractivity contribution in [3.63, 3.8) is 0 Å². The van der Waals surface area contributed by atoms with Crippen molar-refractivity contribution in [2.75, 3.05) is 20.1 Å². The van der Waals surface area contributed by atoms with Crippen LogP contribution in [0.3, 0.4) is 0 Å². The van der Waals surface area contributed by atoms with Crippen molar-refractivity contribution in [3.8, 4) is 0 Å². The summed E-state index contributed by atoms with van der Waals surface area (Å²) in [5.74, 6) is -3.02. The molecule has 9 heteroatoms. The van der Waals surface area contributed by atoms with Crippen LogP contribution in [0.4, 0.5) is 9.59 Å². The van der Waals surface area contributed by atoms with E-state index in [0.29, 0.717) is 9.80 Å². The van der Waals surface area contributed by atoms with Crippen LogP contribution < -0.4 is 10.6 Å². The first kappa shape index (κ1) is 14.4. The van der Waals surface area contributed by atoms with E-state index in [9.17, 15) is 24.0 Å². The van der Waals surface area contributed by atoms with Crippen LogP contribution in [-0.2, 0) is 14.4 Å². The number of nitrogens with one attached hydrogen (secondary N) is 2. The summed E-state index contributed by atoms with van der Waals surface area (Å²) < 4.78 is 0. The molecule has 0 aromatic heterocycles.